The minimum Gasteiger partial charge on any atom is -0.360 e. The van der Waals surface area contributed by atoms with Gasteiger partial charge in [-0.25, -0.2) is 9.97 Å². The van der Waals surface area contributed by atoms with Crippen molar-refractivity contribution in [2.24, 2.45) is 5.92 Å². The molecule has 4 rings (SSSR count). The van der Waals surface area contributed by atoms with Crippen molar-refractivity contribution in [1.82, 2.24) is 25.5 Å². The number of fused-ring (bicyclic) bond motifs is 1. The highest BCUT2D eigenvalue weighted by Gasteiger charge is 2.35. The Kier molecular flexibility index (Phi) is 7.20. The molecule has 0 atom stereocenters. The number of nitrogens with one attached hydrogen (secondary N) is 3. The van der Waals surface area contributed by atoms with E-state index in [1.165, 1.54) is 19.3 Å². The molecule has 1 aromatic carbocycles. The third kappa shape index (κ3) is 5.94. The number of halogens is 3. The molecule has 34 heavy (non-hydrogen) atoms. The predicted molar refractivity (Wildman–Crippen MR) is 121 cm³/mol. The summed E-state index contributed by atoms with van der Waals surface area (Å²) < 4.78 is 39.2. The first-order valence-electron chi connectivity index (χ1n) is 11.5. The maximum absolute atomic E-state index is 13.1. The third-order valence-corrected chi connectivity index (χ3v) is 6.63. The lowest BCUT2D eigenvalue weighted by Gasteiger charge is -2.46. The van der Waals surface area contributed by atoms with Gasteiger partial charge < -0.3 is 16.0 Å². The highest BCUT2D eigenvalue weighted by Crippen LogP contribution is 2.32. The Morgan fingerprint density at radius 2 is 1.85 bits per heavy atom. The smallest absolute Gasteiger partial charge is 0.360 e. The number of benzene rings is 1. The largest absolute Gasteiger partial charge is 0.416 e. The van der Waals surface area contributed by atoms with Gasteiger partial charge in [-0.3, -0.25) is 14.5 Å². The van der Waals surface area contributed by atoms with Crippen LogP contribution in [0.15, 0.2) is 24.5 Å². The number of rotatable bonds is 7. The monoisotopic (exact) mass is 478 g/mol. The van der Waals surface area contributed by atoms with Crippen LogP contribution >= 0.6 is 0 Å². The van der Waals surface area contributed by atoms with E-state index in [-0.39, 0.29) is 35.6 Å². The summed E-state index contributed by atoms with van der Waals surface area (Å²) in [5, 5.41) is 8.92. The summed E-state index contributed by atoms with van der Waals surface area (Å²) >= 11 is 0. The van der Waals surface area contributed by atoms with Gasteiger partial charge in [0.1, 0.15) is 12.1 Å². The molecule has 2 heterocycles. The van der Waals surface area contributed by atoms with Crippen LogP contribution in [0.5, 0.6) is 0 Å². The lowest BCUT2D eigenvalue weighted by Crippen LogP contribution is -2.63. The third-order valence-electron chi connectivity index (χ3n) is 6.63. The van der Waals surface area contributed by atoms with E-state index < -0.39 is 11.7 Å². The van der Waals surface area contributed by atoms with Gasteiger partial charge in [0.15, 0.2) is 0 Å². The van der Waals surface area contributed by atoms with E-state index >= 15 is 0 Å². The Bertz CT molecular complexity index is 1030. The second kappa shape index (κ2) is 10.1. The van der Waals surface area contributed by atoms with Gasteiger partial charge in [-0.15, -0.1) is 0 Å². The van der Waals surface area contributed by atoms with Crippen LogP contribution in [0.4, 0.5) is 19.0 Å². The van der Waals surface area contributed by atoms with Crippen molar-refractivity contribution in [3.05, 3.63) is 30.1 Å². The fourth-order valence-corrected chi connectivity index (χ4v) is 4.72. The normalized spacial score (nSPS) is 21.6. The zero-order valence-electron chi connectivity index (χ0n) is 19.0. The quantitative estimate of drug-likeness (QED) is 0.566. The van der Waals surface area contributed by atoms with E-state index in [1.807, 2.05) is 0 Å². The SMILES string of the molecule is CC(=O)NC[C@H]1CC[C@H](N2CC(NC(=O)CNc3ncnc4ccc(C(F)(F)F)cc34)C2)CC1. The molecule has 2 aromatic rings. The standard InChI is InChI=1S/C23H29F3N6O2/c1-14(33)27-9-15-2-5-18(6-3-15)32-11-17(12-32)31-21(34)10-28-22-19-8-16(23(24,25)26)4-7-20(19)29-13-30-22/h4,7-8,13,15,17-18H,2-3,5-6,9-12H2,1H3,(H,27,33)(H,31,34)(H,28,29,30)/t15-,18-. The van der Waals surface area contributed by atoms with E-state index in [0.29, 0.717) is 17.5 Å². The molecule has 1 aliphatic heterocycles. The van der Waals surface area contributed by atoms with Crippen LogP contribution in [0.3, 0.4) is 0 Å². The molecule has 11 heteroatoms. The van der Waals surface area contributed by atoms with Gasteiger partial charge in [-0.2, -0.15) is 13.2 Å². The molecule has 1 aliphatic carbocycles. The highest BCUT2D eigenvalue weighted by molar-refractivity contribution is 5.91. The van der Waals surface area contributed by atoms with E-state index in [4.69, 9.17) is 0 Å². The Labute approximate surface area is 195 Å². The second-order valence-corrected chi connectivity index (χ2v) is 9.14. The summed E-state index contributed by atoms with van der Waals surface area (Å²) in [7, 11) is 0. The summed E-state index contributed by atoms with van der Waals surface area (Å²) in [5.74, 6) is 0.505. The van der Waals surface area contributed by atoms with Crippen molar-refractivity contribution in [1.29, 1.82) is 0 Å². The van der Waals surface area contributed by atoms with Gasteiger partial charge in [0.2, 0.25) is 11.8 Å². The molecule has 2 amide bonds. The summed E-state index contributed by atoms with van der Waals surface area (Å²) in [6.07, 6.45) is 1.14. The van der Waals surface area contributed by atoms with Crippen molar-refractivity contribution >= 4 is 28.5 Å². The number of amides is 2. The number of hydrogen-bond donors (Lipinski definition) is 3. The van der Waals surface area contributed by atoms with Gasteiger partial charge in [-0.1, -0.05) is 0 Å². The molecular formula is C23H29F3N6O2. The number of alkyl halides is 3. The average molecular weight is 479 g/mol. The molecule has 0 radical (unpaired) electrons. The summed E-state index contributed by atoms with van der Waals surface area (Å²) in [6.45, 7) is 3.77. The van der Waals surface area contributed by atoms with Gasteiger partial charge in [0.05, 0.1) is 23.7 Å². The topological polar surface area (TPSA) is 99.2 Å². The fraction of sp³-hybridized carbons (Fsp3) is 0.565. The molecule has 2 aliphatic rings. The first-order valence-corrected chi connectivity index (χ1v) is 11.5. The molecule has 1 saturated carbocycles. The molecule has 1 aromatic heterocycles. The van der Waals surface area contributed by atoms with Crippen LogP contribution in [0.1, 0.15) is 38.2 Å². The van der Waals surface area contributed by atoms with Crippen LogP contribution in [-0.4, -0.2) is 64.9 Å². The van der Waals surface area contributed by atoms with Gasteiger partial charge in [-0.05, 0) is 49.8 Å². The van der Waals surface area contributed by atoms with Gasteiger partial charge in [0.25, 0.3) is 0 Å². The van der Waals surface area contributed by atoms with Crippen molar-refractivity contribution in [3.8, 4) is 0 Å². The Hall–Kier alpha value is -2.95. The van der Waals surface area contributed by atoms with Gasteiger partial charge >= 0.3 is 6.18 Å². The summed E-state index contributed by atoms with van der Waals surface area (Å²) in [4.78, 5) is 33.8. The van der Waals surface area contributed by atoms with Crippen molar-refractivity contribution < 1.29 is 22.8 Å². The number of likely N-dealkylation sites (tertiary alicyclic amines) is 1. The minimum absolute atomic E-state index is 0.0110. The molecule has 8 nitrogen and oxygen atoms in total. The number of hydrogen-bond acceptors (Lipinski definition) is 6. The molecule has 1 saturated heterocycles. The van der Waals surface area contributed by atoms with Crippen LogP contribution in [-0.2, 0) is 15.8 Å². The number of anilines is 1. The fourth-order valence-electron chi connectivity index (χ4n) is 4.72. The lowest BCUT2D eigenvalue weighted by atomic mass is 9.84. The average Bonchev–Trinajstić information content (AvgIpc) is 2.78. The Morgan fingerprint density at radius 1 is 1.12 bits per heavy atom. The van der Waals surface area contributed by atoms with Gasteiger partial charge in [0, 0.05) is 38.0 Å². The van der Waals surface area contributed by atoms with Crippen molar-refractivity contribution in [2.45, 2.75) is 50.9 Å². The lowest BCUT2D eigenvalue weighted by molar-refractivity contribution is -0.137. The van der Waals surface area contributed by atoms with E-state index in [1.54, 1.807) is 0 Å². The molecule has 0 unspecified atom stereocenters. The van der Waals surface area contributed by atoms with Crippen LogP contribution in [0.2, 0.25) is 0 Å². The van der Waals surface area contributed by atoms with E-state index in [9.17, 15) is 22.8 Å². The molecule has 0 spiro atoms. The van der Waals surface area contributed by atoms with Crippen LogP contribution in [0, 0.1) is 5.92 Å². The predicted octanol–water partition coefficient (Wildman–Crippen LogP) is 2.56. The molecule has 0 bridgehead atoms. The zero-order chi connectivity index (χ0) is 24.3. The molecule has 3 N–H and O–H groups in total. The number of aromatic nitrogens is 2. The zero-order valence-corrected chi connectivity index (χ0v) is 19.0. The number of carbonyl (C=O) groups excluding carboxylic acids is 2. The molecule has 184 valence electrons. The van der Waals surface area contributed by atoms with E-state index in [0.717, 1.165) is 57.5 Å². The summed E-state index contributed by atoms with van der Waals surface area (Å²) in [6, 6.07) is 3.83. The van der Waals surface area contributed by atoms with Crippen molar-refractivity contribution in [3.63, 3.8) is 0 Å². The maximum atomic E-state index is 13.1. The first-order chi connectivity index (χ1) is 16.2. The minimum atomic E-state index is -4.47. The highest BCUT2D eigenvalue weighted by atomic mass is 19.4. The molecular weight excluding hydrogens is 449 g/mol. The van der Waals surface area contributed by atoms with E-state index in [2.05, 4.69) is 30.8 Å². The first kappa shape index (κ1) is 24.2. The number of nitrogens with zero attached hydrogens (tertiary/aromatic N) is 3. The Balaban J connectivity index is 1.22. The Morgan fingerprint density at radius 3 is 2.53 bits per heavy atom. The second-order valence-electron chi connectivity index (χ2n) is 9.14. The number of carbonyl (C=O) groups is 2. The van der Waals surface area contributed by atoms with Crippen LogP contribution in [0.25, 0.3) is 10.9 Å². The maximum Gasteiger partial charge on any atom is 0.416 e. The van der Waals surface area contributed by atoms with Crippen molar-refractivity contribution in [2.75, 3.05) is 31.5 Å². The summed E-state index contributed by atoms with van der Waals surface area (Å²) in [5.41, 5.74) is -0.423. The molecule has 2 fully saturated rings. The van der Waals surface area contributed by atoms with Crippen LogP contribution < -0.4 is 16.0 Å².